The third-order valence-electron chi connectivity index (χ3n) is 1.76. The number of ketones is 1. The Hall–Kier alpha value is -1.69. The maximum absolute atomic E-state index is 10.8. The van der Waals surface area contributed by atoms with E-state index in [4.69, 9.17) is 0 Å². The van der Waals surface area contributed by atoms with E-state index in [0.717, 1.165) is 0 Å². The number of nitrogens with zero attached hydrogens (tertiary/aromatic N) is 4. The molecular formula is C10H10N4OS. The summed E-state index contributed by atoms with van der Waals surface area (Å²) in [6.07, 6.45) is 5.15. The average Bonchev–Trinajstić information content (AvgIpc) is 2.80. The van der Waals surface area contributed by atoms with Gasteiger partial charge in [-0.2, -0.15) is 5.10 Å². The first kappa shape index (κ1) is 10.8. The lowest BCUT2D eigenvalue weighted by Gasteiger charge is -2.01. The normalized spacial score (nSPS) is 10.3. The summed E-state index contributed by atoms with van der Waals surface area (Å²) in [6.45, 7) is 1.55. The molecule has 0 fully saturated rings. The van der Waals surface area contributed by atoms with Crippen molar-refractivity contribution in [2.75, 3.05) is 5.75 Å². The second kappa shape index (κ2) is 4.89. The van der Waals surface area contributed by atoms with Gasteiger partial charge in [-0.05, 0) is 13.0 Å². The molecule has 0 amide bonds. The molecule has 2 aromatic heterocycles. The predicted molar refractivity (Wildman–Crippen MR) is 60.6 cm³/mol. The molecule has 2 heterocycles. The summed E-state index contributed by atoms with van der Waals surface area (Å²) in [6, 6.07) is 3.59. The van der Waals surface area contributed by atoms with Crippen molar-refractivity contribution >= 4 is 17.5 Å². The number of rotatable bonds is 4. The minimum Gasteiger partial charge on any atom is -0.299 e. The predicted octanol–water partition coefficient (Wildman–Crippen LogP) is 1.34. The SMILES string of the molecule is CC(=O)CSc1nccc(-n2cccn2)n1. The summed E-state index contributed by atoms with van der Waals surface area (Å²) in [7, 11) is 0. The summed E-state index contributed by atoms with van der Waals surface area (Å²) < 4.78 is 1.65. The van der Waals surface area contributed by atoms with Gasteiger partial charge in [-0.15, -0.1) is 0 Å². The summed E-state index contributed by atoms with van der Waals surface area (Å²) in [5, 5.41) is 4.66. The van der Waals surface area contributed by atoms with Gasteiger partial charge in [-0.1, -0.05) is 11.8 Å². The van der Waals surface area contributed by atoms with Crippen LogP contribution in [0.1, 0.15) is 6.92 Å². The summed E-state index contributed by atoms with van der Waals surface area (Å²) >= 11 is 1.33. The molecule has 0 bridgehead atoms. The maximum atomic E-state index is 10.8. The molecule has 16 heavy (non-hydrogen) atoms. The van der Waals surface area contributed by atoms with Gasteiger partial charge in [-0.3, -0.25) is 4.79 Å². The van der Waals surface area contributed by atoms with Crippen LogP contribution < -0.4 is 0 Å². The molecule has 0 N–H and O–H groups in total. The molecule has 2 rings (SSSR count). The largest absolute Gasteiger partial charge is 0.299 e. The third kappa shape index (κ3) is 2.66. The maximum Gasteiger partial charge on any atom is 0.189 e. The molecular weight excluding hydrogens is 224 g/mol. The molecule has 0 saturated heterocycles. The molecule has 0 saturated carbocycles. The number of carbonyl (C=O) groups is 1. The fraction of sp³-hybridized carbons (Fsp3) is 0.200. The average molecular weight is 234 g/mol. The van der Waals surface area contributed by atoms with E-state index in [1.54, 1.807) is 30.1 Å². The van der Waals surface area contributed by atoms with Crippen LogP contribution in [0.2, 0.25) is 0 Å². The van der Waals surface area contributed by atoms with E-state index in [1.165, 1.54) is 11.8 Å². The molecule has 0 spiro atoms. The lowest BCUT2D eigenvalue weighted by Crippen LogP contribution is -2.01. The molecule has 6 heteroatoms. The Morgan fingerprint density at radius 2 is 2.38 bits per heavy atom. The first-order chi connectivity index (χ1) is 7.75. The van der Waals surface area contributed by atoms with Gasteiger partial charge in [0.15, 0.2) is 11.0 Å². The number of hydrogen-bond acceptors (Lipinski definition) is 5. The van der Waals surface area contributed by atoms with Crippen molar-refractivity contribution in [3.8, 4) is 5.82 Å². The van der Waals surface area contributed by atoms with Gasteiger partial charge < -0.3 is 0 Å². The molecule has 0 aliphatic carbocycles. The van der Waals surface area contributed by atoms with Gasteiger partial charge in [0.1, 0.15) is 5.78 Å². The number of Topliss-reactive ketones (excluding diaryl/α,β-unsaturated/α-hetero) is 1. The van der Waals surface area contributed by atoms with Gasteiger partial charge in [0, 0.05) is 24.7 Å². The van der Waals surface area contributed by atoms with Gasteiger partial charge in [-0.25, -0.2) is 14.6 Å². The molecule has 82 valence electrons. The molecule has 0 aromatic carbocycles. The van der Waals surface area contributed by atoms with Gasteiger partial charge >= 0.3 is 0 Å². The van der Waals surface area contributed by atoms with Crippen molar-refractivity contribution < 1.29 is 4.79 Å². The van der Waals surface area contributed by atoms with Crippen LogP contribution in [-0.4, -0.2) is 31.3 Å². The van der Waals surface area contributed by atoms with Crippen LogP contribution in [0.4, 0.5) is 0 Å². The highest BCUT2D eigenvalue weighted by Crippen LogP contribution is 2.13. The number of hydrogen-bond donors (Lipinski definition) is 0. The Morgan fingerprint density at radius 3 is 3.06 bits per heavy atom. The molecule has 0 aliphatic heterocycles. The Bertz CT molecular complexity index is 483. The number of thioether (sulfide) groups is 1. The Labute approximate surface area is 96.9 Å². The molecule has 0 radical (unpaired) electrons. The zero-order valence-electron chi connectivity index (χ0n) is 8.70. The van der Waals surface area contributed by atoms with Crippen LogP contribution in [0.25, 0.3) is 5.82 Å². The molecule has 5 nitrogen and oxygen atoms in total. The van der Waals surface area contributed by atoms with Crippen LogP contribution in [-0.2, 0) is 4.79 Å². The fourth-order valence-corrected chi connectivity index (χ4v) is 1.73. The van der Waals surface area contributed by atoms with Crippen molar-refractivity contribution in [2.24, 2.45) is 0 Å². The number of aromatic nitrogens is 4. The van der Waals surface area contributed by atoms with Gasteiger partial charge in [0.25, 0.3) is 0 Å². The number of carbonyl (C=O) groups excluding carboxylic acids is 1. The van der Waals surface area contributed by atoms with Crippen LogP contribution in [0, 0.1) is 0 Å². The van der Waals surface area contributed by atoms with Crippen molar-refractivity contribution in [2.45, 2.75) is 12.1 Å². The lowest BCUT2D eigenvalue weighted by molar-refractivity contribution is -0.114. The van der Waals surface area contributed by atoms with E-state index in [1.807, 2.05) is 12.3 Å². The zero-order chi connectivity index (χ0) is 11.4. The molecule has 0 unspecified atom stereocenters. The van der Waals surface area contributed by atoms with Crippen LogP contribution in [0.15, 0.2) is 35.9 Å². The Kier molecular flexibility index (Phi) is 3.31. The van der Waals surface area contributed by atoms with Crippen molar-refractivity contribution in [1.29, 1.82) is 0 Å². The van der Waals surface area contributed by atoms with Crippen LogP contribution in [0.3, 0.4) is 0 Å². The molecule has 2 aromatic rings. The zero-order valence-corrected chi connectivity index (χ0v) is 9.52. The van der Waals surface area contributed by atoms with E-state index < -0.39 is 0 Å². The standard InChI is InChI=1S/C10H10N4OS/c1-8(15)7-16-10-11-5-3-9(13-10)14-6-2-4-12-14/h2-6H,7H2,1H3. The first-order valence-electron chi connectivity index (χ1n) is 4.71. The topological polar surface area (TPSA) is 60.7 Å². The fourth-order valence-electron chi connectivity index (χ4n) is 1.10. The third-order valence-corrected chi connectivity index (χ3v) is 2.77. The lowest BCUT2D eigenvalue weighted by atomic mass is 10.5. The minimum absolute atomic E-state index is 0.109. The quantitative estimate of drug-likeness (QED) is 0.590. The minimum atomic E-state index is 0.109. The summed E-state index contributed by atoms with van der Waals surface area (Å²) in [5.74, 6) is 1.20. The highest BCUT2D eigenvalue weighted by molar-refractivity contribution is 7.99. The summed E-state index contributed by atoms with van der Waals surface area (Å²) in [4.78, 5) is 19.2. The molecule has 0 atom stereocenters. The monoisotopic (exact) mass is 234 g/mol. The van der Waals surface area contributed by atoms with Crippen molar-refractivity contribution in [3.63, 3.8) is 0 Å². The Morgan fingerprint density at radius 1 is 1.50 bits per heavy atom. The summed E-state index contributed by atoms with van der Waals surface area (Å²) in [5.41, 5.74) is 0. The second-order valence-electron chi connectivity index (χ2n) is 3.14. The highest BCUT2D eigenvalue weighted by atomic mass is 32.2. The van der Waals surface area contributed by atoms with Gasteiger partial charge in [0.05, 0.1) is 5.75 Å². The van der Waals surface area contributed by atoms with Crippen molar-refractivity contribution in [1.82, 2.24) is 19.7 Å². The first-order valence-corrected chi connectivity index (χ1v) is 5.69. The molecule has 0 aliphatic rings. The smallest absolute Gasteiger partial charge is 0.189 e. The van der Waals surface area contributed by atoms with E-state index in [2.05, 4.69) is 15.1 Å². The van der Waals surface area contributed by atoms with E-state index >= 15 is 0 Å². The van der Waals surface area contributed by atoms with E-state index in [0.29, 0.717) is 16.7 Å². The van der Waals surface area contributed by atoms with Crippen LogP contribution >= 0.6 is 11.8 Å². The van der Waals surface area contributed by atoms with Crippen molar-refractivity contribution in [3.05, 3.63) is 30.7 Å². The Balaban J connectivity index is 2.17. The van der Waals surface area contributed by atoms with E-state index in [-0.39, 0.29) is 5.78 Å². The second-order valence-corrected chi connectivity index (χ2v) is 4.08. The highest BCUT2D eigenvalue weighted by Gasteiger charge is 2.03. The van der Waals surface area contributed by atoms with Gasteiger partial charge in [0.2, 0.25) is 0 Å². The van der Waals surface area contributed by atoms with Crippen LogP contribution in [0.5, 0.6) is 0 Å². The van der Waals surface area contributed by atoms with E-state index in [9.17, 15) is 4.79 Å².